The van der Waals surface area contributed by atoms with Gasteiger partial charge in [0.1, 0.15) is 0 Å². The van der Waals surface area contributed by atoms with Crippen molar-refractivity contribution in [3.63, 3.8) is 0 Å². The summed E-state index contributed by atoms with van der Waals surface area (Å²) in [5.74, 6) is 0. The lowest BCUT2D eigenvalue weighted by Crippen LogP contribution is -1.97. The Morgan fingerprint density at radius 1 is 1.06 bits per heavy atom. The van der Waals surface area contributed by atoms with Crippen molar-refractivity contribution >= 4 is 23.4 Å². The van der Waals surface area contributed by atoms with E-state index in [0.717, 1.165) is 5.56 Å². The fourth-order valence-electron chi connectivity index (χ4n) is 1.57. The number of nitrogens with zero attached hydrogens (tertiary/aromatic N) is 1. The van der Waals surface area contributed by atoms with Gasteiger partial charge in [0, 0.05) is 11.1 Å². The summed E-state index contributed by atoms with van der Waals surface area (Å²) in [5.41, 5.74) is 1.39. The molecule has 2 aromatic rings. The van der Waals surface area contributed by atoms with Crippen LogP contribution in [-0.2, 0) is 0 Å². The van der Waals surface area contributed by atoms with E-state index >= 15 is 0 Å². The van der Waals surface area contributed by atoms with Crippen LogP contribution in [0.3, 0.4) is 0 Å². The van der Waals surface area contributed by atoms with Crippen LogP contribution < -0.4 is 0 Å². The molecule has 0 heterocycles. The van der Waals surface area contributed by atoms with E-state index in [-0.39, 0.29) is 10.6 Å². The Balaban J connectivity index is 2.43. The molecule has 0 bridgehead atoms. The lowest BCUT2D eigenvalue weighted by Gasteiger charge is -1.99. The molecule has 0 spiro atoms. The van der Waals surface area contributed by atoms with Crippen molar-refractivity contribution in [2.75, 3.05) is 0 Å². The van der Waals surface area contributed by atoms with Crippen molar-refractivity contribution in [2.45, 2.75) is 0 Å². The minimum absolute atomic E-state index is 0.0675. The molecule has 3 nitrogen and oxygen atoms in total. The molecule has 0 radical (unpaired) electrons. The first kappa shape index (κ1) is 12.3. The fraction of sp³-hybridized carbons (Fsp3) is 0. The molecule has 2 aromatic carbocycles. The van der Waals surface area contributed by atoms with Crippen LogP contribution in [0.2, 0.25) is 5.02 Å². The number of halogens is 1. The van der Waals surface area contributed by atoms with E-state index in [4.69, 9.17) is 11.6 Å². The van der Waals surface area contributed by atoms with Gasteiger partial charge in [-0.25, -0.2) is 0 Å². The third-order valence-electron chi connectivity index (χ3n) is 2.44. The lowest BCUT2D eigenvalue weighted by molar-refractivity contribution is -0.374. The van der Waals surface area contributed by atoms with Crippen LogP contribution in [0.25, 0.3) is 11.8 Å². The molecule has 18 heavy (non-hydrogen) atoms. The number of hydrogen-bond acceptors (Lipinski definition) is 2. The van der Waals surface area contributed by atoms with Crippen molar-refractivity contribution in [3.8, 4) is 0 Å². The van der Waals surface area contributed by atoms with Crippen LogP contribution in [0.1, 0.15) is 11.1 Å². The first-order valence-corrected chi connectivity index (χ1v) is 5.72. The molecule has 0 aromatic heterocycles. The molecule has 2 rings (SSSR count). The van der Waals surface area contributed by atoms with Crippen molar-refractivity contribution in [3.05, 3.63) is 80.9 Å². The van der Waals surface area contributed by atoms with Crippen LogP contribution in [0, 0.1) is 10.1 Å². The van der Waals surface area contributed by atoms with E-state index in [9.17, 15) is 10.1 Å². The Morgan fingerprint density at radius 2 is 1.67 bits per heavy atom. The summed E-state index contributed by atoms with van der Waals surface area (Å²) in [4.78, 5) is 10.7. The van der Waals surface area contributed by atoms with Crippen LogP contribution in [-0.4, -0.2) is 4.92 Å². The average Bonchev–Trinajstić information content (AvgIpc) is 2.38. The largest absolute Gasteiger partial charge is 0.277 e. The third kappa shape index (κ3) is 2.96. The molecular weight excluding hydrogens is 250 g/mol. The molecule has 0 unspecified atom stereocenters. The molecule has 0 atom stereocenters. The normalized spacial score (nSPS) is 11.3. The molecule has 90 valence electrons. The Kier molecular flexibility index (Phi) is 3.75. The summed E-state index contributed by atoms with van der Waals surface area (Å²) in [6.07, 6.45) is 1.53. The van der Waals surface area contributed by atoms with Crippen LogP contribution in [0.4, 0.5) is 0 Å². The quantitative estimate of drug-likeness (QED) is 0.473. The van der Waals surface area contributed by atoms with Crippen molar-refractivity contribution in [1.29, 1.82) is 0 Å². The van der Waals surface area contributed by atoms with Gasteiger partial charge in [0.15, 0.2) is 0 Å². The Hall–Kier alpha value is -2.13. The Bertz CT molecular complexity index is 577. The maximum atomic E-state index is 11.1. The highest BCUT2D eigenvalue weighted by atomic mass is 35.5. The summed E-state index contributed by atoms with van der Waals surface area (Å²) in [5, 5.41) is 11.7. The lowest BCUT2D eigenvalue weighted by atomic mass is 10.1. The predicted molar refractivity (Wildman–Crippen MR) is 72.8 cm³/mol. The number of hydrogen-bond donors (Lipinski definition) is 0. The van der Waals surface area contributed by atoms with Crippen molar-refractivity contribution in [1.82, 2.24) is 0 Å². The second-order valence-corrected chi connectivity index (χ2v) is 4.14. The molecule has 0 aliphatic heterocycles. The van der Waals surface area contributed by atoms with Gasteiger partial charge in [-0.3, -0.25) is 10.1 Å². The first-order valence-electron chi connectivity index (χ1n) is 5.34. The fourth-order valence-corrected chi connectivity index (χ4v) is 1.69. The highest BCUT2D eigenvalue weighted by molar-refractivity contribution is 6.30. The zero-order valence-electron chi connectivity index (χ0n) is 9.42. The Labute approximate surface area is 109 Å². The zero-order chi connectivity index (χ0) is 13.0. The monoisotopic (exact) mass is 259 g/mol. The van der Waals surface area contributed by atoms with E-state index in [1.165, 1.54) is 6.08 Å². The number of benzene rings is 2. The second-order valence-electron chi connectivity index (χ2n) is 3.70. The van der Waals surface area contributed by atoms with Crippen LogP contribution >= 0.6 is 11.6 Å². The van der Waals surface area contributed by atoms with Crippen LogP contribution in [0.5, 0.6) is 0 Å². The number of nitro groups is 1. The molecule has 4 heteroatoms. The third-order valence-corrected chi connectivity index (χ3v) is 2.69. The van der Waals surface area contributed by atoms with Gasteiger partial charge in [-0.05, 0) is 29.8 Å². The molecule has 0 aliphatic rings. The second kappa shape index (κ2) is 5.47. The molecule has 0 saturated heterocycles. The summed E-state index contributed by atoms with van der Waals surface area (Å²) in [7, 11) is 0. The minimum atomic E-state index is -0.385. The van der Waals surface area contributed by atoms with Gasteiger partial charge >= 0.3 is 0 Å². The van der Waals surface area contributed by atoms with E-state index < -0.39 is 0 Å². The van der Waals surface area contributed by atoms with E-state index in [0.29, 0.717) is 10.6 Å². The van der Waals surface area contributed by atoms with Gasteiger partial charge in [-0.1, -0.05) is 41.9 Å². The Morgan fingerprint density at radius 3 is 2.22 bits per heavy atom. The summed E-state index contributed by atoms with van der Waals surface area (Å²) >= 11 is 5.77. The number of rotatable bonds is 3. The molecule has 0 amide bonds. The summed E-state index contributed by atoms with van der Waals surface area (Å²) in [6, 6.07) is 15.7. The molecule has 0 fully saturated rings. The van der Waals surface area contributed by atoms with Gasteiger partial charge in [0.25, 0.3) is 5.70 Å². The van der Waals surface area contributed by atoms with E-state index in [1.54, 1.807) is 48.5 Å². The van der Waals surface area contributed by atoms with Crippen molar-refractivity contribution in [2.24, 2.45) is 0 Å². The SMILES string of the molecule is O=[N+]([O-])C(=Cc1ccc(Cl)cc1)c1ccccc1. The molecule has 0 saturated carbocycles. The average molecular weight is 260 g/mol. The molecule has 0 aliphatic carbocycles. The maximum absolute atomic E-state index is 11.1. The van der Waals surface area contributed by atoms with Gasteiger partial charge in [0.05, 0.1) is 10.5 Å². The van der Waals surface area contributed by atoms with Gasteiger partial charge in [-0.2, -0.15) is 0 Å². The van der Waals surface area contributed by atoms with E-state index in [1.807, 2.05) is 6.07 Å². The highest BCUT2D eigenvalue weighted by Gasteiger charge is 2.13. The molecular formula is C14H10ClNO2. The topological polar surface area (TPSA) is 43.1 Å². The van der Waals surface area contributed by atoms with E-state index in [2.05, 4.69) is 0 Å². The predicted octanol–water partition coefficient (Wildman–Crippen LogP) is 4.11. The standard InChI is InChI=1S/C14H10ClNO2/c15-13-8-6-11(7-9-13)10-14(16(17)18)12-4-2-1-3-5-12/h1-10H. The van der Waals surface area contributed by atoms with Gasteiger partial charge < -0.3 is 0 Å². The first-order chi connectivity index (χ1) is 8.66. The molecule has 0 N–H and O–H groups in total. The minimum Gasteiger partial charge on any atom is -0.258 e. The van der Waals surface area contributed by atoms with Gasteiger partial charge in [-0.15, -0.1) is 0 Å². The van der Waals surface area contributed by atoms with Crippen molar-refractivity contribution < 1.29 is 4.92 Å². The smallest absolute Gasteiger partial charge is 0.258 e. The zero-order valence-corrected chi connectivity index (χ0v) is 10.2. The van der Waals surface area contributed by atoms with Gasteiger partial charge in [0.2, 0.25) is 0 Å². The highest BCUT2D eigenvalue weighted by Crippen LogP contribution is 2.19. The summed E-state index contributed by atoms with van der Waals surface area (Å²) in [6.45, 7) is 0. The summed E-state index contributed by atoms with van der Waals surface area (Å²) < 4.78 is 0. The maximum Gasteiger partial charge on any atom is 0.277 e. The van der Waals surface area contributed by atoms with Crippen LogP contribution in [0.15, 0.2) is 54.6 Å².